The van der Waals surface area contributed by atoms with Crippen molar-refractivity contribution >= 4 is 10.2 Å². The molecule has 0 spiro atoms. The van der Waals surface area contributed by atoms with Gasteiger partial charge in [0.15, 0.2) is 0 Å². The van der Waals surface area contributed by atoms with Gasteiger partial charge in [0.1, 0.15) is 0 Å². The second-order valence-electron chi connectivity index (χ2n) is 5.28. The maximum Gasteiger partial charge on any atom is 0.280 e. The first-order valence-electron chi connectivity index (χ1n) is 7.47. The summed E-state index contributed by atoms with van der Waals surface area (Å²) in [4.78, 5) is 4.27. The normalized spacial score (nSPS) is 20.6. The molecule has 0 bridgehead atoms. The maximum absolute atomic E-state index is 12.5. The van der Waals surface area contributed by atoms with Crippen molar-refractivity contribution in [3.8, 4) is 0 Å². The third-order valence-electron chi connectivity index (χ3n) is 3.94. The van der Waals surface area contributed by atoms with Crippen LogP contribution in [0.1, 0.15) is 37.4 Å². The van der Waals surface area contributed by atoms with Crippen LogP contribution in [0.4, 0.5) is 0 Å². The second-order valence-corrected chi connectivity index (χ2v) is 6.99. The highest BCUT2D eigenvalue weighted by molar-refractivity contribution is 7.87. The molecule has 21 heavy (non-hydrogen) atoms. The molecule has 1 saturated heterocycles. The van der Waals surface area contributed by atoms with Crippen LogP contribution in [0.25, 0.3) is 0 Å². The number of hydrogen-bond acceptors (Lipinski definition) is 4. The quantitative estimate of drug-likeness (QED) is 0.813. The van der Waals surface area contributed by atoms with E-state index in [4.69, 9.17) is 5.73 Å². The third-order valence-corrected chi connectivity index (χ3v) is 5.55. The van der Waals surface area contributed by atoms with Crippen molar-refractivity contribution in [2.24, 2.45) is 5.73 Å². The van der Waals surface area contributed by atoms with Crippen molar-refractivity contribution in [3.63, 3.8) is 0 Å². The molecule has 1 unspecified atom stereocenters. The molecule has 1 aliphatic rings. The first kappa shape index (κ1) is 16.4. The Hall–Kier alpha value is -1.02. The SMILES string of the molecule is CCc1cccnc1CNS(=O)(=O)N1CCCCC1CN. The molecule has 118 valence electrons. The van der Waals surface area contributed by atoms with E-state index < -0.39 is 10.2 Å². The molecule has 3 N–H and O–H groups in total. The summed E-state index contributed by atoms with van der Waals surface area (Å²) >= 11 is 0. The summed E-state index contributed by atoms with van der Waals surface area (Å²) in [6.45, 7) is 3.16. The first-order valence-corrected chi connectivity index (χ1v) is 8.91. The fourth-order valence-corrected chi connectivity index (χ4v) is 4.16. The van der Waals surface area contributed by atoms with E-state index in [0.29, 0.717) is 13.1 Å². The predicted molar refractivity (Wildman–Crippen MR) is 82.8 cm³/mol. The number of aryl methyl sites for hydroxylation is 1. The lowest BCUT2D eigenvalue weighted by Gasteiger charge is -2.33. The minimum absolute atomic E-state index is 0.0920. The number of piperidine rings is 1. The van der Waals surface area contributed by atoms with Crippen LogP contribution in [0.3, 0.4) is 0 Å². The Morgan fingerprint density at radius 3 is 3.00 bits per heavy atom. The highest BCUT2D eigenvalue weighted by Crippen LogP contribution is 2.19. The smallest absolute Gasteiger partial charge is 0.280 e. The zero-order valence-corrected chi connectivity index (χ0v) is 13.3. The van der Waals surface area contributed by atoms with Gasteiger partial charge in [-0.25, -0.2) is 0 Å². The van der Waals surface area contributed by atoms with E-state index in [-0.39, 0.29) is 12.6 Å². The number of nitrogens with zero attached hydrogens (tertiary/aromatic N) is 2. The molecule has 1 aromatic rings. The average molecular weight is 312 g/mol. The van der Waals surface area contributed by atoms with Crippen LogP contribution >= 0.6 is 0 Å². The Balaban J connectivity index is 2.07. The molecular formula is C14H24N4O2S. The Morgan fingerprint density at radius 1 is 1.48 bits per heavy atom. The number of nitrogens with two attached hydrogens (primary N) is 1. The van der Waals surface area contributed by atoms with Crippen LogP contribution in [0.5, 0.6) is 0 Å². The molecular weight excluding hydrogens is 288 g/mol. The van der Waals surface area contributed by atoms with E-state index in [9.17, 15) is 8.42 Å². The standard InChI is InChI=1S/C14H24N4O2S/c1-2-12-6-5-8-16-14(12)11-17-21(19,20)18-9-4-3-7-13(18)10-15/h5-6,8,13,17H,2-4,7,9-11,15H2,1H3. The average Bonchev–Trinajstić information content (AvgIpc) is 2.53. The van der Waals surface area contributed by atoms with Crippen molar-refractivity contribution in [1.82, 2.24) is 14.0 Å². The van der Waals surface area contributed by atoms with Crippen LogP contribution in [0, 0.1) is 0 Å². The van der Waals surface area contributed by atoms with E-state index in [1.807, 2.05) is 19.1 Å². The monoisotopic (exact) mass is 312 g/mol. The highest BCUT2D eigenvalue weighted by Gasteiger charge is 2.31. The van der Waals surface area contributed by atoms with Gasteiger partial charge in [-0.1, -0.05) is 19.4 Å². The molecule has 7 heteroatoms. The van der Waals surface area contributed by atoms with Gasteiger partial charge in [-0.05, 0) is 30.9 Å². The van der Waals surface area contributed by atoms with Gasteiger partial charge in [0.25, 0.3) is 10.2 Å². The van der Waals surface area contributed by atoms with Crippen molar-refractivity contribution in [2.75, 3.05) is 13.1 Å². The largest absolute Gasteiger partial charge is 0.329 e. The summed E-state index contributed by atoms with van der Waals surface area (Å²) in [6, 6.07) is 3.75. The number of hydrogen-bond donors (Lipinski definition) is 2. The zero-order chi connectivity index (χ0) is 15.3. The molecule has 0 aromatic carbocycles. The molecule has 2 rings (SSSR count). The minimum Gasteiger partial charge on any atom is -0.329 e. The number of aromatic nitrogens is 1. The fourth-order valence-electron chi connectivity index (χ4n) is 2.72. The molecule has 1 atom stereocenters. The predicted octanol–water partition coefficient (Wildman–Crippen LogP) is 0.792. The van der Waals surface area contributed by atoms with Crippen LogP contribution < -0.4 is 10.5 Å². The molecule has 2 heterocycles. The molecule has 1 aromatic heterocycles. The summed E-state index contributed by atoms with van der Waals surface area (Å²) in [7, 11) is -3.50. The van der Waals surface area contributed by atoms with Gasteiger partial charge in [0.2, 0.25) is 0 Å². The summed E-state index contributed by atoms with van der Waals surface area (Å²) in [5, 5.41) is 0. The lowest BCUT2D eigenvalue weighted by atomic mass is 10.1. The number of nitrogens with one attached hydrogen (secondary N) is 1. The Labute approximate surface area is 126 Å². The van der Waals surface area contributed by atoms with Crippen LogP contribution in [-0.2, 0) is 23.2 Å². The van der Waals surface area contributed by atoms with Gasteiger partial charge in [-0.3, -0.25) is 4.98 Å². The van der Waals surface area contributed by atoms with Gasteiger partial charge >= 0.3 is 0 Å². The van der Waals surface area contributed by atoms with Gasteiger partial charge in [-0.2, -0.15) is 17.4 Å². The molecule has 1 fully saturated rings. The summed E-state index contributed by atoms with van der Waals surface area (Å²) in [6.07, 6.45) is 5.28. The van der Waals surface area contributed by atoms with Crippen LogP contribution in [-0.4, -0.2) is 36.8 Å². The molecule has 0 amide bonds. The Morgan fingerprint density at radius 2 is 2.29 bits per heavy atom. The Bertz CT molecular complexity index is 562. The fraction of sp³-hybridized carbons (Fsp3) is 0.643. The number of pyridine rings is 1. The summed E-state index contributed by atoms with van der Waals surface area (Å²) < 4.78 is 29.1. The number of rotatable bonds is 6. The summed E-state index contributed by atoms with van der Waals surface area (Å²) in [5.41, 5.74) is 7.54. The maximum atomic E-state index is 12.5. The van der Waals surface area contributed by atoms with Crippen molar-refractivity contribution in [2.45, 2.75) is 45.2 Å². The van der Waals surface area contributed by atoms with Gasteiger partial charge in [0, 0.05) is 25.3 Å². The Kier molecular flexibility index (Phi) is 5.69. The molecule has 6 nitrogen and oxygen atoms in total. The van der Waals surface area contributed by atoms with Gasteiger partial charge in [-0.15, -0.1) is 0 Å². The lowest BCUT2D eigenvalue weighted by Crippen LogP contribution is -2.51. The van der Waals surface area contributed by atoms with E-state index in [2.05, 4.69) is 9.71 Å². The lowest BCUT2D eigenvalue weighted by molar-refractivity contribution is 0.254. The molecule has 0 saturated carbocycles. The van der Waals surface area contributed by atoms with Gasteiger partial charge < -0.3 is 5.73 Å². The molecule has 0 aliphatic carbocycles. The highest BCUT2D eigenvalue weighted by atomic mass is 32.2. The van der Waals surface area contributed by atoms with Crippen LogP contribution in [0.2, 0.25) is 0 Å². The van der Waals surface area contributed by atoms with Gasteiger partial charge in [0.05, 0.1) is 12.2 Å². The zero-order valence-electron chi connectivity index (χ0n) is 12.5. The summed E-state index contributed by atoms with van der Waals surface area (Å²) in [5.74, 6) is 0. The second kappa shape index (κ2) is 7.31. The van der Waals surface area contributed by atoms with E-state index in [1.54, 1.807) is 6.20 Å². The van der Waals surface area contributed by atoms with E-state index >= 15 is 0 Å². The van der Waals surface area contributed by atoms with Crippen molar-refractivity contribution in [1.29, 1.82) is 0 Å². The molecule has 0 radical (unpaired) electrons. The van der Waals surface area contributed by atoms with E-state index in [1.165, 1.54) is 4.31 Å². The minimum atomic E-state index is -3.50. The van der Waals surface area contributed by atoms with Crippen molar-refractivity contribution in [3.05, 3.63) is 29.6 Å². The molecule has 1 aliphatic heterocycles. The van der Waals surface area contributed by atoms with E-state index in [0.717, 1.165) is 36.9 Å². The first-order chi connectivity index (χ1) is 10.1. The third kappa shape index (κ3) is 4.00. The van der Waals surface area contributed by atoms with Crippen LogP contribution in [0.15, 0.2) is 18.3 Å². The topological polar surface area (TPSA) is 88.3 Å². The van der Waals surface area contributed by atoms with Crippen molar-refractivity contribution < 1.29 is 8.42 Å².